The van der Waals surface area contributed by atoms with Crippen LogP contribution in [0.15, 0.2) is 36.4 Å². The van der Waals surface area contributed by atoms with Crippen LogP contribution in [0.3, 0.4) is 0 Å². The molecule has 0 radical (unpaired) electrons. The molecule has 0 heterocycles. The average molecular weight is 906 g/mol. The molecule has 0 aliphatic carbocycles. The van der Waals surface area contributed by atoms with Crippen LogP contribution in [0.2, 0.25) is 0 Å². The van der Waals surface area contributed by atoms with E-state index in [9.17, 15) is 4.39 Å². The van der Waals surface area contributed by atoms with Crippen molar-refractivity contribution < 1.29 is 4.39 Å². The van der Waals surface area contributed by atoms with Crippen molar-refractivity contribution in [3.63, 3.8) is 0 Å². The van der Waals surface area contributed by atoms with E-state index in [-0.39, 0.29) is 5.82 Å². The highest BCUT2D eigenvalue weighted by Gasteiger charge is 2.16. The minimum absolute atomic E-state index is 0.180. The molecule has 0 saturated heterocycles. The smallest absolute Gasteiger partial charge is 0.124 e. The molecule has 0 unspecified atom stereocenters. The normalized spacial score (nSPS) is 11.1. The molecule has 0 atom stereocenters. The largest absolute Gasteiger partial charge is 0.207 e. The molecule has 0 fully saturated rings. The number of aryl methyl sites for hydroxylation is 1. The Kier molecular flexibility index (Phi) is 7.54. The van der Waals surface area contributed by atoms with E-state index < -0.39 is 0 Å². The maximum absolute atomic E-state index is 13.7. The third-order valence-electron chi connectivity index (χ3n) is 4.15. The molecular formula is C20H12FI5. The van der Waals surface area contributed by atoms with Crippen molar-refractivity contribution in [2.24, 2.45) is 0 Å². The Balaban J connectivity index is 2.20. The molecule has 3 aromatic rings. The first kappa shape index (κ1) is 21.9. The average Bonchev–Trinajstić information content (AvgIpc) is 2.50. The van der Waals surface area contributed by atoms with Crippen molar-refractivity contribution in [3.05, 3.63) is 71.2 Å². The van der Waals surface area contributed by atoms with Gasteiger partial charge in [0, 0.05) is 23.4 Å². The predicted octanol–water partition coefficient (Wildman–Crippen LogP) is 8.80. The van der Waals surface area contributed by atoms with Gasteiger partial charge in [-0.05, 0) is 191 Å². The van der Waals surface area contributed by atoms with E-state index in [4.69, 9.17) is 0 Å². The first-order valence-electron chi connectivity index (χ1n) is 7.60. The third kappa shape index (κ3) is 4.53. The number of halogens is 6. The van der Waals surface area contributed by atoms with Crippen molar-refractivity contribution in [2.75, 3.05) is 0 Å². The number of hydrogen-bond acceptors (Lipinski definition) is 0. The number of rotatable bonds is 2. The van der Waals surface area contributed by atoms with Gasteiger partial charge in [0.15, 0.2) is 0 Å². The molecule has 0 nitrogen and oxygen atoms in total. The lowest BCUT2D eigenvalue weighted by Crippen LogP contribution is -1.96. The Morgan fingerprint density at radius 1 is 0.577 bits per heavy atom. The Morgan fingerprint density at radius 2 is 1.00 bits per heavy atom. The molecule has 0 amide bonds. The standard InChI is InChI=1S/C20H12FI5/c1-9-3-13(21)8-18(26)19(9)11-6-16(24)20(17(25)7-11)12-4-14(22)10(2)15(23)5-12/h3-8H,1-2H3. The van der Waals surface area contributed by atoms with Gasteiger partial charge in [0.25, 0.3) is 0 Å². The SMILES string of the molecule is Cc1cc(F)cc(I)c1-c1cc(I)c(-c2cc(I)c(C)c(I)c2)c(I)c1. The van der Waals surface area contributed by atoms with Gasteiger partial charge in [0.1, 0.15) is 5.82 Å². The molecule has 0 N–H and O–H groups in total. The van der Waals surface area contributed by atoms with Crippen LogP contribution in [-0.4, -0.2) is 0 Å². The van der Waals surface area contributed by atoms with E-state index >= 15 is 0 Å². The van der Waals surface area contributed by atoms with E-state index in [1.165, 1.54) is 31.0 Å². The van der Waals surface area contributed by atoms with Crippen LogP contribution < -0.4 is 0 Å². The van der Waals surface area contributed by atoms with Crippen LogP contribution >= 0.6 is 113 Å². The summed E-state index contributed by atoms with van der Waals surface area (Å²) in [6, 6.07) is 12.1. The summed E-state index contributed by atoms with van der Waals surface area (Å²) in [6.07, 6.45) is 0. The van der Waals surface area contributed by atoms with E-state index in [2.05, 4.69) is 144 Å². The fourth-order valence-corrected chi connectivity index (χ4v) is 8.04. The zero-order valence-corrected chi connectivity index (χ0v) is 24.5. The summed E-state index contributed by atoms with van der Waals surface area (Å²) in [6.45, 7) is 4.13. The van der Waals surface area contributed by atoms with Crippen LogP contribution in [0.1, 0.15) is 11.1 Å². The minimum atomic E-state index is -0.180. The highest BCUT2D eigenvalue weighted by molar-refractivity contribution is 14.1. The van der Waals surface area contributed by atoms with E-state index in [1.54, 1.807) is 12.1 Å². The van der Waals surface area contributed by atoms with Gasteiger partial charge in [-0.3, -0.25) is 0 Å². The molecule has 0 aromatic heterocycles. The fourth-order valence-electron chi connectivity index (χ4n) is 2.85. The molecule has 0 bridgehead atoms. The Hall–Kier alpha value is 1.24. The quantitative estimate of drug-likeness (QED) is 0.226. The molecule has 0 spiro atoms. The summed E-state index contributed by atoms with van der Waals surface area (Å²) >= 11 is 11.9. The minimum Gasteiger partial charge on any atom is -0.207 e. The molecule has 26 heavy (non-hydrogen) atoms. The Labute approximate surface area is 221 Å². The van der Waals surface area contributed by atoms with Crippen LogP contribution in [0.5, 0.6) is 0 Å². The van der Waals surface area contributed by atoms with Crippen LogP contribution in [0.4, 0.5) is 4.39 Å². The Bertz CT molecular complexity index is 958. The first-order chi connectivity index (χ1) is 12.2. The first-order valence-corrected chi connectivity index (χ1v) is 13.0. The molecule has 3 aromatic carbocycles. The lowest BCUT2D eigenvalue weighted by atomic mass is 9.97. The monoisotopic (exact) mass is 906 g/mol. The van der Waals surface area contributed by atoms with E-state index in [0.29, 0.717) is 0 Å². The molecule has 6 heteroatoms. The molecule has 3 rings (SSSR count). The highest BCUT2D eigenvalue weighted by atomic mass is 127. The summed E-state index contributed by atoms with van der Waals surface area (Å²) in [7, 11) is 0. The second-order valence-electron chi connectivity index (χ2n) is 5.96. The Morgan fingerprint density at radius 3 is 1.50 bits per heavy atom. The lowest BCUT2D eigenvalue weighted by Gasteiger charge is -2.15. The van der Waals surface area contributed by atoms with Gasteiger partial charge in [-0.15, -0.1) is 0 Å². The van der Waals surface area contributed by atoms with Gasteiger partial charge in [-0.25, -0.2) is 4.39 Å². The molecular weight excluding hydrogens is 894 g/mol. The molecule has 0 saturated carbocycles. The van der Waals surface area contributed by atoms with Crippen LogP contribution in [0, 0.1) is 37.5 Å². The summed E-state index contributed by atoms with van der Waals surface area (Å²) in [5, 5.41) is 0. The molecule has 134 valence electrons. The van der Waals surface area contributed by atoms with Crippen molar-refractivity contribution >= 4 is 113 Å². The topological polar surface area (TPSA) is 0 Å². The predicted molar refractivity (Wildman–Crippen MR) is 150 cm³/mol. The van der Waals surface area contributed by atoms with Gasteiger partial charge in [0.2, 0.25) is 0 Å². The second-order valence-corrected chi connectivity index (χ2v) is 11.8. The van der Waals surface area contributed by atoms with E-state index in [1.807, 2.05) is 6.92 Å². The van der Waals surface area contributed by atoms with Crippen molar-refractivity contribution in [1.82, 2.24) is 0 Å². The summed E-state index contributed by atoms with van der Waals surface area (Å²) in [4.78, 5) is 0. The highest BCUT2D eigenvalue weighted by Crippen LogP contribution is 2.38. The molecule has 0 aliphatic heterocycles. The van der Waals surface area contributed by atoms with Crippen LogP contribution in [-0.2, 0) is 0 Å². The van der Waals surface area contributed by atoms with Crippen molar-refractivity contribution in [1.29, 1.82) is 0 Å². The zero-order chi connectivity index (χ0) is 19.2. The molecule has 0 aliphatic rings. The van der Waals surface area contributed by atoms with Gasteiger partial charge in [0.05, 0.1) is 0 Å². The van der Waals surface area contributed by atoms with Gasteiger partial charge >= 0.3 is 0 Å². The second kappa shape index (κ2) is 8.94. The maximum Gasteiger partial charge on any atom is 0.124 e. The lowest BCUT2D eigenvalue weighted by molar-refractivity contribution is 0.626. The van der Waals surface area contributed by atoms with Gasteiger partial charge < -0.3 is 0 Å². The van der Waals surface area contributed by atoms with Gasteiger partial charge in [-0.1, -0.05) is 0 Å². The van der Waals surface area contributed by atoms with Gasteiger partial charge in [-0.2, -0.15) is 0 Å². The summed E-state index contributed by atoms with van der Waals surface area (Å²) < 4.78 is 19.6. The number of hydrogen-bond donors (Lipinski definition) is 0. The number of benzene rings is 3. The third-order valence-corrected chi connectivity index (χ3v) is 8.95. The summed E-state index contributed by atoms with van der Waals surface area (Å²) in [5.74, 6) is -0.180. The zero-order valence-electron chi connectivity index (χ0n) is 13.7. The summed E-state index contributed by atoms with van der Waals surface area (Å²) in [5.41, 5.74) is 7.06. The van der Waals surface area contributed by atoms with Crippen molar-refractivity contribution in [2.45, 2.75) is 13.8 Å². The van der Waals surface area contributed by atoms with E-state index in [0.717, 1.165) is 20.3 Å². The maximum atomic E-state index is 13.7. The van der Waals surface area contributed by atoms with Crippen LogP contribution in [0.25, 0.3) is 22.3 Å². The fraction of sp³-hybridized carbons (Fsp3) is 0.100. The van der Waals surface area contributed by atoms with Crippen molar-refractivity contribution in [3.8, 4) is 22.3 Å².